The number of aromatic nitrogens is 2. The Balaban J connectivity index is 1.57. The van der Waals surface area contributed by atoms with E-state index >= 15 is 0 Å². The summed E-state index contributed by atoms with van der Waals surface area (Å²) in [5, 5.41) is 11.3. The fourth-order valence-electron chi connectivity index (χ4n) is 3.20. The Hall–Kier alpha value is -2.44. The van der Waals surface area contributed by atoms with Gasteiger partial charge < -0.3 is 14.6 Å². The third-order valence-electron chi connectivity index (χ3n) is 4.98. The summed E-state index contributed by atoms with van der Waals surface area (Å²) >= 11 is 0. The van der Waals surface area contributed by atoms with E-state index < -0.39 is 0 Å². The average molecular weight is 360 g/mol. The number of benzene rings is 1. The number of hydrogen-bond donors (Lipinski definition) is 1. The predicted octanol–water partition coefficient (Wildman–Crippen LogP) is 3.95. The SMILES string of the molecule is CCC(CC)NC(=O)N1CCC(c2nnc(-c3ccc(F)cc3)o2)CC1. The zero-order chi connectivity index (χ0) is 18.5. The molecule has 0 atom stereocenters. The van der Waals surface area contributed by atoms with Crippen molar-refractivity contribution in [2.75, 3.05) is 13.1 Å². The highest BCUT2D eigenvalue weighted by Crippen LogP contribution is 2.29. The van der Waals surface area contributed by atoms with Gasteiger partial charge in [0, 0.05) is 30.6 Å². The van der Waals surface area contributed by atoms with Gasteiger partial charge in [0.05, 0.1) is 0 Å². The summed E-state index contributed by atoms with van der Waals surface area (Å²) in [6.45, 7) is 5.50. The van der Waals surface area contributed by atoms with E-state index in [1.54, 1.807) is 12.1 Å². The zero-order valence-electron chi connectivity index (χ0n) is 15.2. The number of amides is 2. The van der Waals surface area contributed by atoms with E-state index in [1.807, 2.05) is 4.90 Å². The highest BCUT2D eigenvalue weighted by molar-refractivity contribution is 5.74. The summed E-state index contributed by atoms with van der Waals surface area (Å²) in [6, 6.07) is 6.23. The van der Waals surface area contributed by atoms with Gasteiger partial charge in [-0.1, -0.05) is 13.8 Å². The molecule has 2 amide bonds. The number of likely N-dealkylation sites (tertiary alicyclic amines) is 1. The molecular weight excluding hydrogens is 335 g/mol. The van der Waals surface area contributed by atoms with Crippen LogP contribution in [0.25, 0.3) is 11.5 Å². The van der Waals surface area contributed by atoms with Crippen LogP contribution in [-0.4, -0.2) is 40.3 Å². The van der Waals surface area contributed by atoms with E-state index in [9.17, 15) is 9.18 Å². The maximum Gasteiger partial charge on any atom is 0.317 e. The number of piperidine rings is 1. The van der Waals surface area contributed by atoms with E-state index in [0.717, 1.165) is 25.7 Å². The third-order valence-corrected chi connectivity index (χ3v) is 4.98. The second-order valence-electron chi connectivity index (χ2n) is 6.68. The van der Waals surface area contributed by atoms with Crippen LogP contribution in [0.15, 0.2) is 28.7 Å². The Kier molecular flexibility index (Phi) is 5.85. The fraction of sp³-hybridized carbons (Fsp3) is 0.526. The molecule has 1 N–H and O–H groups in total. The number of nitrogens with one attached hydrogen (secondary N) is 1. The molecule has 0 saturated carbocycles. The van der Waals surface area contributed by atoms with Crippen LogP contribution in [0.1, 0.15) is 51.3 Å². The lowest BCUT2D eigenvalue weighted by Gasteiger charge is -2.31. The second kappa shape index (κ2) is 8.29. The monoisotopic (exact) mass is 360 g/mol. The first-order chi connectivity index (χ1) is 12.6. The molecule has 7 heteroatoms. The molecule has 1 fully saturated rings. The van der Waals surface area contributed by atoms with Gasteiger partial charge in [0.2, 0.25) is 11.8 Å². The molecule has 1 aromatic carbocycles. The highest BCUT2D eigenvalue weighted by Gasteiger charge is 2.28. The van der Waals surface area contributed by atoms with Crippen molar-refractivity contribution in [1.82, 2.24) is 20.4 Å². The molecule has 1 aromatic heterocycles. The molecule has 0 unspecified atom stereocenters. The van der Waals surface area contributed by atoms with Gasteiger partial charge in [0.15, 0.2) is 0 Å². The minimum atomic E-state index is -0.299. The molecule has 0 aliphatic carbocycles. The summed E-state index contributed by atoms with van der Waals surface area (Å²) in [5.41, 5.74) is 0.701. The lowest BCUT2D eigenvalue weighted by molar-refractivity contribution is 0.173. The number of carbonyl (C=O) groups is 1. The summed E-state index contributed by atoms with van der Waals surface area (Å²) in [7, 11) is 0. The van der Waals surface area contributed by atoms with Crippen molar-refractivity contribution in [2.24, 2.45) is 0 Å². The van der Waals surface area contributed by atoms with Crippen molar-refractivity contribution in [2.45, 2.75) is 51.5 Å². The van der Waals surface area contributed by atoms with Crippen LogP contribution in [0.4, 0.5) is 9.18 Å². The zero-order valence-corrected chi connectivity index (χ0v) is 15.2. The lowest BCUT2D eigenvalue weighted by Crippen LogP contribution is -2.47. The van der Waals surface area contributed by atoms with Gasteiger partial charge in [0.25, 0.3) is 0 Å². The molecule has 2 heterocycles. The van der Waals surface area contributed by atoms with Crippen LogP contribution in [-0.2, 0) is 0 Å². The van der Waals surface area contributed by atoms with E-state index in [1.165, 1.54) is 12.1 Å². The first kappa shape index (κ1) is 18.4. The van der Waals surface area contributed by atoms with Crippen LogP contribution in [0, 0.1) is 5.82 Å². The van der Waals surface area contributed by atoms with Gasteiger partial charge in [-0.2, -0.15) is 0 Å². The number of nitrogens with zero attached hydrogens (tertiary/aromatic N) is 3. The van der Waals surface area contributed by atoms with Gasteiger partial charge in [-0.05, 0) is 49.9 Å². The molecular formula is C19H25FN4O2. The summed E-state index contributed by atoms with van der Waals surface area (Å²) in [6.07, 6.45) is 3.46. The topological polar surface area (TPSA) is 71.3 Å². The Morgan fingerprint density at radius 1 is 1.23 bits per heavy atom. The third kappa shape index (κ3) is 4.20. The van der Waals surface area contributed by atoms with Crippen LogP contribution < -0.4 is 5.32 Å². The maximum absolute atomic E-state index is 13.0. The van der Waals surface area contributed by atoms with Crippen LogP contribution >= 0.6 is 0 Å². The smallest absolute Gasteiger partial charge is 0.317 e. The van der Waals surface area contributed by atoms with Gasteiger partial charge in [-0.15, -0.1) is 10.2 Å². The van der Waals surface area contributed by atoms with E-state index in [4.69, 9.17) is 4.42 Å². The highest BCUT2D eigenvalue weighted by atomic mass is 19.1. The molecule has 140 valence electrons. The first-order valence-electron chi connectivity index (χ1n) is 9.25. The molecule has 1 aliphatic rings. The minimum Gasteiger partial charge on any atom is -0.420 e. The number of hydrogen-bond acceptors (Lipinski definition) is 4. The Labute approximate surface area is 152 Å². The Bertz CT molecular complexity index is 719. The largest absolute Gasteiger partial charge is 0.420 e. The fourth-order valence-corrected chi connectivity index (χ4v) is 3.20. The molecule has 3 rings (SSSR count). The normalized spacial score (nSPS) is 15.5. The maximum atomic E-state index is 13.0. The number of urea groups is 1. The summed E-state index contributed by atoms with van der Waals surface area (Å²) in [4.78, 5) is 14.2. The number of rotatable bonds is 5. The molecule has 0 spiro atoms. The van der Waals surface area contributed by atoms with Crippen molar-refractivity contribution in [3.63, 3.8) is 0 Å². The standard InChI is InChI=1S/C19H25FN4O2/c1-3-16(4-2)21-19(25)24-11-9-14(10-12-24)18-23-22-17(26-18)13-5-7-15(20)8-6-13/h5-8,14,16H,3-4,9-12H2,1-2H3,(H,21,25). The summed E-state index contributed by atoms with van der Waals surface area (Å²) < 4.78 is 18.8. The first-order valence-corrected chi connectivity index (χ1v) is 9.25. The molecule has 6 nitrogen and oxygen atoms in total. The molecule has 1 aliphatic heterocycles. The van der Waals surface area contributed by atoms with Crippen molar-refractivity contribution < 1.29 is 13.6 Å². The Morgan fingerprint density at radius 3 is 2.50 bits per heavy atom. The van der Waals surface area contributed by atoms with Crippen molar-refractivity contribution in [3.8, 4) is 11.5 Å². The lowest BCUT2D eigenvalue weighted by atomic mass is 9.97. The molecule has 1 saturated heterocycles. The Morgan fingerprint density at radius 2 is 1.88 bits per heavy atom. The summed E-state index contributed by atoms with van der Waals surface area (Å²) in [5.74, 6) is 0.833. The minimum absolute atomic E-state index is 0.00896. The number of halogens is 1. The van der Waals surface area contributed by atoms with E-state index in [0.29, 0.717) is 30.4 Å². The van der Waals surface area contributed by atoms with Crippen molar-refractivity contribution in [3.05, 3.63) is 36.0 Å². The molecule has 0 radical (unpaired) electrons. The van der Waals surface area contributed by atoms with Crippen LogP contribution in [0.3, 0.4) is 0 Å². The van der Waals surface area contributed by atoms with Gasteiger partial charge in [0.1, 0.15) is 5.82 Å². The molecule has 2 aromatic rings. The van der Waals surface area contributed by atoms with Gasteiger partial charge >= 0.3 is 6.03 Å². The molecule has 26 heavy (non-hydrogen) atoms. The predicted molar refractivity (Wildman–Crippen MR) is 96.1 cm³/mol. The van der Waals surface area contributed by atoms with Crippen LogP contribution in [0.5, 0.6) is 0 Å². The van der Waals surface area contributed by atoms with Gasteiger partial charge in [-0.3, -0.25) is 0 Å². The quantitative estimate of drug-likeness (QED) is 0.876. The van der Waals surface area contributed by atoms with Gasteiger partial charge in [-0.25, -0.2) is 9.18 Å². The van der Waals surface area contributed by atoms with Crippen LogP contribution in [0.2, 0.25) is 0 Å². The van der Waals surface area contributed by atoms with E-state index in [2.05, 4.69) is 29.4 Å². The van der Waals surface area contributed by atoms with Crippen molar-refractivity contribution in [1.29, 1.82) is 0 Å². The molecule has 0 bridgehead atoms. The second-order valence-corrected chi connectivity index (χ2v) is 6.68. The average Bonchev–Trinajstić information content (AvgIpc) is 3.16. The van der Waals surface area contributed by atoms with Crippen molar-refractivity contribution >= 4 is 6.03 Å². The van der Waals surface area contributed by atoms with E-state index in [-0.39, 0.29) is 23.8 Å². The number of carbonyl (C=O) groups excluding carboxylic acids is 1.